The summed E-state index contributed by atoms with van der Waals surface area (Å²) in [4.78, 5) is 11.5. The minimum Gasteiger partial charge on any atom is -0.467 e. The molecule has 0 spiro atoms. The van der Waals surface area contributed by atoms with Crippen LogP contribution in [0.2, 0.25) is 0 Å². The third-order valence-electron chi connectivity index (χ3n) is 2.76. The Kier molecular flexibility index (Phi) is 4.04. The van der Waals surface area contributed by atoms with E-state index in [2.05, 4.69) is 4.74 Å². The second-order valence-corrected chi connectivity index (χ2v) is 4.32. The van der Waals surface area contributed by atoms with Crippen LogP contribution in [-0.4, -0.2) is 26.5 Å². The van der Waals surface area contributed by atoms with Crippen molar-refractivity contribution >= 4 is 11.7 Å². The molecule has 1 saturated carbocycles. The van der Waals surface area contributed by atoms with E-state index in [4.69, 9.17) is 15.2 Å². The fourth-order valence-corrected chi connectivity index (χ4v) is 1.54. The van der Waals surface area contributed by atoms with Crippen molar-refractivity contribution in [2.75, 3.05) is 26.2 Å². The summed E-state index contributed by atoms with van der Waals surface area (Å²) in [6.45, 7) is 0.819. The Morgan fingerprint density at radius 1 is 1.44 bits per heavy atom. The molecule has 2 rings (SSSR count). The van der Waals surface area contributed by atoms with Crippen LogP contribution in [0.4, 0.5) is 5.69 Å². The van der Waals surface area contributed by atoms with Crippen molar-refractivity contribution in [1.29, 1.82) is 0 Å². The number of benzene rings is 1. The van der Waals surface area contributed by atoms with Crippen molar-refractivity contribution in [2.45, 2.75) is 12.8 Å². The molecular formula is C13H17NO4. The average Bonchev–Trinajstić information content (AvgIpc) is 3.18. The third-order valence-corrected chi connectivity index (χ3v) is 2.76. The number of methoxy groups -OCH3 is 1. The number of hydrogen-bond donors (Lipinski definition) is 1. The van der Waals surface area contributed by atoms with Gasteiger partial charge in [-0.2, -0.15) is 0 Å². The minimum atomic E-state index is -0.452. The van der Waals surface area contributed by atoms with Crippen LogP contribution in [0.1, 0.15) is 23.2 Å². The van der Waals surface area contributed by atoms with E-state index in [1.165, 1.54) is 20.0 Å². The molecule has 0 aliphatic heterocycles. The summed E-state index contributed by atoms with van der Waals surface area (Å²) >= 11 is 0. The van der Waals surface area contributed by atoms with Gasteiger partial charge in [0.05, 0.1) is 13.7 Å². The molecule has 0 radical (unpaired) electrons. The van der Waals surface area contributed by atoms with Crippen LogP contribution < -0.4 is 10.5 Å². The number of carbonyl (C=O) groups excluding carboxylic acids is 1. The first-order valence-corrected chi connectivity index (χ1v) is 5.89. The van der Waals surface area contributed by atoms with E-state index in [0.29, 0.717) is 29.5 Å². The van der Waals surface area contributed by atoms with Crippen LogP contribution in [0, 0.1) is 5.92 Å². The van der Waals surface area contributed by atoms with Crippen LogP contribution in [0.25, 0.3) is 0 Å². The van der Waals surface area contributed by atoms with E-state index in [0.717, 1.165) is 0 Å². The maximum atomic E-state index is 11.5. The van der Waals surface area contributed by atoms with Crippen molar-refractivity contribution in [3.05, 3.63) is 23.8 Å². The lowest BCUT2D eigenvalue weighted by Crippen LogP contribution is -2.10. The van der Waals surface area contributed by atoms with Gasteiger partial charge >= 0.3 is 5.97 Å². The molecule has 98 valence electrons. The van der Waals surface area contributed by atoms with Gasteiger partial charge in [-0.25, -0.2) is 4.79 Å². The molecule has 0 heterocycles. The predicted octanol–water partition coefficient (Wildman–Crippen LogP) is 1.82. The van der Waals surface area contributed by atoms with Crippen molar-refractivity contribution in [2.24, 2.45) is 5.92 Å². The summed E-state index contributed by atoms with van der Waals surface area (Å²) in [7, 11) is 1.33. The van der Waals surface area contributed by atoms with Gasteiger partial charge in [0.25, 0.3) is 0 Å². The molecule has 0 saturated heterocycles. The molecule has 1 aliphatic rings. The molecule has 1 aromatic carbocycles. The summed E-state index contributed by atoms with van der Waals surface area (Å²) < 4.78 is 15.4. The van der Waals surface area contributed by atoms with Crippen LogP contribution in [0.5, 0.6) is 5.75 Å². The highest BCUT2D eigenvalue weighted by Crippen LogP contribution is 2.29. The summed E-state index contributed by atoms with van der Waals surface area (Å²) in [6.07, 6.45) is 2.46. The van der Waals surface area contributed by atoms with Gasteiger partial charge in [0.1, 0.15) is 11.3 Å². The Labute approximate surface area is 106 Å². The van der Waals surface area contributed by atoms with Crippen molar-refractivity contribution in [3.63, 3.8) is 0 Å². The fourth-order valence-electron chi connectivity index (χ4n) is 1.54. The van der Waals surface area contributed by atoms with Gasteiger partial charge in [0.15, 0.2) is 6.79 Å². The molecule has 1 aromatic rings. The Morgan fingerprint density at radius 2 is 2.22 bits per heavy atom. The number of carbonyl (C=O) groups is 1. The van der Waals surface area contributed by atoms with Crippen LogP contribution in [0.15, 0.2) is 18.2 Å². The quantitative estimate of drug-likeness (QED) is 0.361. The highest BCUT2D eigenvalue weighted by molar-refractivity contribution is 5.93. The van der Waals surface area contributed by atoms with E-state index in [9.17, 15) is 4.79 Å². The van der Waals surface area contributed by atoms with Crippen LogP contribution >= 0.6 is 0 Å². The average molecular weight is 251 g/mol. The Balaban J connectivity index is 1.94. The fraction of sp³-hybridized carbons (Fsp3) is 0.462. The monoisotopic (exact) mass is 251 g/mol. The molecule has 1 fully saturated rings. The standard InChI is InChI=1S/C13H17NO4/c1-16-13(15)11-5-4-10(14)6-12(11)18-8-17-7-9-2-3-9/h4-6,9H,2-3,7-8,14H2,1H3. The largest absolute Gasteiger partial charge is 0.467 e. The lowest BCUT2D eigenvalue weighted by Gasteiger charge is -2.11. The molecule has 0 unspecified atom stereocenters. The molecule has 18 heavy (non-hydrogen) atoms. The second-order valence-electron chi connectivity index (χ2n) is 4.32. The first kappa shape index (κ1) is 12.7. The first-order valence-electron chi connectivity index (χ1n) is 5.89. The predicted molar refractivity (Wildman–Crippen MR) is 66.4 cm³/mol. The molecule has 0 bridgehead atoms. The third kappa shape index (κ3) is 3.37. The van der Waals surface area contributed by atoms with E-state index in [1.54, 1.807) is 18.2 Å². The summed E-state index contributed by atoms with van der Waals surface area (Å²) in [5.41, 5.74) is 6.54. The lowest BCUT2D eigenvalue weighted by molar-refractivity contribution is 0.00903. The molecule has 5 nitrogen and oxygen atoms in total. The van der Waals surface area contributed by atoms with E-state index in [1.807, 2.05) is 0 Å². The normalized spacial score (nSPS) is 14.3. The van der Waals surface area contributed by atoms with Gasteiger partial charge in [-0.15, -0.1) is 0 Å². The zero-order valence-electron chi connectivity index (χ0n) is 10.3. The van der Waals surface area contributed by atoms with Gasteiger partial charge in [0, 0.05) is 11.8 Å². The van der Waals surface area contributed by atoms with Gasteiger partial charge in [-0.1, -0.05) is 0 Å². The Hall–Kier alpha value is -1.75. The smallest absolute Gasteiger partial charge is 0.341 e. The maximum absolute atomic E-state index is 11.5. The zero-order chi connectivity index (χ0) is 13.0. The lowest BCUT2D eigenvalue weighted by atomic mass is 10.2. The first-order chi connectivity index (χ1) is 8.70. The van der Waals surface area contributed by atoms with Crippen molar-refractivity contribution in [1.82, 2.24) is 0 Å². The number of anilines is 1. The SMILES string of the molecule is COC(=O)c1ccc(N)cc1OCOCC1CC1. The topological polar surface area (TPSA) is 70.8 Å². The summed E-state index contributed by atoms with van der Waals surface area (Å²) in [6, 6.07) is 4.80. The van der Waals surface area contributed by atoms with Crippen molar-refractivity contribution < 1.29 is 19.0 Å². The van der Waals surface area contributed by atoms with Gasteiger partial charge in [-0.3, -0.25) is 0 Å². The highest BCUT2D eigenvalue weighted by Gasteiger charge is 2.21. The van der Waals surface area contributed by atoms with E-state index in [-0.39, 0.29) is 6.79 Å². The highest BCUT2D eigenvalue weighted by atomic mass is 16.7. The Bertz CT molecular complexity index is 429. The Morgan fingerprint density at radius 3 is 2.89 bits per heavy atom. The van der Waals surface area contributed by atoms with Crippen LogP contribution in [0.3, 0.4) is 0 Å². The minimum absolute atomic E-state index is 0.115. The molecule has 0 amide bonds. The number of rotatable bonds is 6. The summed E-state index contributed by atoms with van der Waals surface area (Å²) in [5, 5.41) is 0. The molecule has 1 aliphatic carbocycles. The number of hydrogen-bond acceptors (Lipinski definition) is 5. The zero-order valence-corrected chi connectivity index (χ0v) is 10.3. The maximum Gasteiger partial charge on any atom is 0.341 e. The van der Waals surface area contributed by atoms with Crippen molar-refractivity contribution in [3.8, 4) is 5.75 Å². The number of esters is 1. The number of nitrogens with two attached hydrogens (primary N) is 1. The van der Waals surface area contributed by atoms with Gasteiger partial charge < -0.3 is 19.9 Å². The summed E-state index contributed by atoms with van der Waals surface area (Å²) in [5.74, 6) is 0.611. The molecule has 0 atom stereocenters. The molecule has 2 N–H and O–H groups in total. The van der Waals surface area contributed by atoms with E-state index >= 15 is 0 Å². The second kappa shape index (κ2) is 5.73. The number of nitrogen functional groups attached to an aromatic ring is 1. The molecule has 5 heteroatoms. The number of ether oxygens (including phenoxy) is 3. The van der Waals surface area contributed by atoms with E-state index < -0.39 is 5.97 Å². The van der Waals surface area contributed by atoms with Gasteiger partial charge in [-0.05, 0) is 30.9 Å². The van der Waals surface area contributed by atoms with Gasteiger partial charge in [0.2, 0.25) is 0 Å². The molecular weight excluding hydrogens is 234 g/mol. The van der Waals surface area contributed by atoms with Crippen LogP contribution in [-0.2, 0) is 9.47 Å². The molecule has 0 aromatic heterocycles.